The van der Waals surface area contributed by atoms with Gasteiger partial charge in [0.25, 0.3) is 0 Å². The van der Waals surface area contributed by atoms with Gasteiger partial charge in [0.1, 0.15) is 0 Å². The molecular weight excluding hydrogens is 121 g/mol. The number of rotatable bonds is 1. The first-order valence-corrected chi connectivity index (χ1v) is 3.34. The van der Waals surface area contributed by atoms with Gasteiger partial charge in [0, 0.05) is 22.6 Å². The summed E-state index contributed by atoms with van der Waals surface area (Å²) in [7, 11) is 4.43. The van der Waals surface area contributed by atoms with Crippen molar-refractivity contribution in [3.8, 4) is 0 Å². The summed E-state index contributed by atoms with van der Waals surface area (Å²) in [5, 5.41) is 0. The van der Waals surface area contributed by atoms with Crippen molar-refractivity contribution in [3.05, 3.63) is 0 Å². The van der Waals surface area contributed by atoms with Crippen molar-refractivity contribution in [2.45, 2.75) is 12.5 Å². The van der Waals surface area contributed by atoms with Crippen LogP contribution in [0.4, 0.5) is 0 Å². The molecule has 2 nitrogen and oxygen atoms in total. The first-order valence-electron chi connectivity index (χ1n) is 2.87. The van der Waals surface area contributed by atoms with Crippen molar-refractivity contribution in [1.82, 2.24) is 4.90 Å². The van der Waals surface area contributed by atoms with Gasteiger partial charge in [0.2, 0.25) is 0 Å². The molecule has 0 aliphatic carbocycles. The third-order valence-corrected chi connectivity index (χ3v) is 1.93. The zero-order valence-electron chi connectivity index (χ0n) is 5.13. The largest absolute Gasteiger partial charge is 0.361 e. The third-order valence-electron chi connectivity index (χ3n) is 1.54. The van der Waals surface area contributed by atoms with E-state index in [1.807, 2.05) is 0 Å². The Bertz CT molecular complexity index is 78.8. The molecule has 1 heterocycles. The summed E-state index contributed by atoms with van der Waals surface area (Å²) >= 11 is 0. The first kappa shape index (κ1) is 6.47. The summed E-state index contributed by atoms with van der Waals surface area (Å²) < 4.78 is 5.06. The van der Waals surface area contributed by atoms with Gasteiger partial charge in [-0.25, -0.2) is 0 Å². The Morgan fingerprint density at radius 1 is 1.75 bits per heavy atom. The monoisotopic (exact) mass is 133 g/mol. The van der Waals surface area contributed by atoms with Crippen LogP contribution in [-0.4, -0.2) is 31.1 Å². The van der Waals surface area contributed by atoms with Crippen molar-refractivity contribution in [2.24, 2.45) is 0 Å². The molecule has 2 unspecified atom stereocenters. The molecule has 1 rings (SSSR count). The minimum Gasteiger partial charge on any atom is -0.361 e. The molecule has 48 valence electrons. The van der Waals surface area contributed by atoms with E-state index >= 15 is 0 Å². The van der Waals surface area contributed by atoms with E-state index in [0.29, 0.717) is 6.10 Å². The number of likely N-dealkylation sites (tertiary alicyclic amines) is 1. The Morgan fingerprint density at radius 3 is 2.75 bits per heavy atom. The molecule has 1 aliphatic heterocycles. The highest BCUT2D eigenvalue weighted by atomic mass is 31.0. The smallest absolute Gasteiger partial charge is 0.0749 e. The number of nitrogens with zero attached hydrogens (tertiary/aromatic N) is 1. The van der Waals surface area contributed by atoms with Gasteiger partial charge in [-0.05, 0) is 13.5 Å². The van der Waals surface area contributed by atoms with Crippen LogP contribution in [0.25, 0.3) is 0 Å². The predicted molar refractivity (Wildman–Crippen MR) is 36.7 cm³/mol. The molecule has 1 aliphatic rings. The van der Waals surface area contributed by atoms with E-state index in [-0.39, 0.29) is 0 Å². The zero-order valence-corrected chi connectivity index (χ0v) is 6.29. The number of hydrogen-bond donors (Lipinski definition) is 0. The highest BCUT2D eigenvalue weighted by molar-refractivity contribution is 7.09. The maximum absolute atomic E-state index is 5.06. The van der Waals surface area contributed by atoms with Crippen molar-refractivity contribution >= 4 is 9.47 Å². The summed E-state index contributed by atoms with van der Waals surface area (Å²) in [5.41, 5.74) is 0. The van der Waals surface area contributed by atoms with E-state index in [9.17, 15) is 0 Å². The van der Waals surface area contributed by atoms with Crippen LogP contribution in [0.2, 0.25) is 0 Å². The lowest BCUT2D eigenvalue weighted by Crippen LogP contribution is -2.16. The van der Waals surface area contributed by atoms with Crippen molar-refractivity contribution < 1.29 is 4.52 Å². The van der Waals surface area contributed by atoms with Gasteiger partial charge in [0.15, 0.2) is 0 Å². The Balaban J connectivity index is 2.22. The van der Waals surface area contributed by atoms with Crippen LogP contribution in [0.5, 0.6) is 0 Å². The van der Waals surface area contributed by atoms with Gasteiger partial charge in [0.05, 0.1) is 6.10 Å². The second-order valence-electron chi connectivity index (χ2n) is 2.31. The maximum Gasteiger partial charge on any atom is 0.0749 e. The van der Waals surface area contributed by atoms with E-state index in [0.717, 1.165) is 6.54 Å². The fourth-order valence-corrected chi connectivity index (χ4v) is 1.23. The summed E-state index contributed by atoms with van der Waals surface area (Å²) in [6.45, 7) is 2.27. The molecule has 2 atom stereocenters. The quantitative estimate of drug-likeness (QED) is 0.483. The topological polar surface area (TPSA) is 12.5 Å². The lowest BCUT2D eigenvalue weighted by molar-refractivity contribution is 0.244. The normalized spacial score (nSPS) is 31.5. The van der Waals surface area contributed by atoms with E-state index in [4.69, 9.17) is 4.52 Å². The van der Waals surface area contributed by atoms with Gasteiger partial charge in [-0.1, -0.05) is 0 Å². The maximum atomic E-state index is 5.06. The number of hydrogen-bond acceptors (Lipinski definition) is 2. The summed E-state index contributed by atoms with van der Waals surface area (Å²) in [4.78, 5) is 2.27. The molecule has 0 N–H and O–H groups in total. The minimum absolute atomic E-state index is 0.463. The molecule has 1 fully saturated rings. The second-order valence-corrected chi connectivity index (χ2v) is 2.58. The molecule has 0 aromatic carbocycles. The van der Waals surface area contributed by atoms with Gasteiger partial charge >= 0.3 is 0 Å². The number of likely N-dealkylation sites (N-methyl/N-ethyl adjacent to an activating group) is 1. The van der Waals surface area contributed by atoms with Crippen LogP contribution in [0.1, 0.15) is 6.42 Å². The Hall–Kier alpha value is 0.350. The zero-order chi connectivity index (χ0) is 5.98. The lowest BCUT2D eigenvalue weighted by Gasteiger charge is -2.06. The molecule has 0 spiro atoms. The standard InChI is InChI=1S/C5H12NOP/c1-6-3-2-5(4-6)7-8/h5H,2-4,8H2,1H3. The van der Waals surface area contributed by atoms with Crippen LogP contribution in [0.15, 0.2) is 0 Å². The van der Waals surface area contributed by atoms with Gasteiger partial charge in [-0.2, -0.15) is 0 Å². The van der Waals surface area contributed by atoms with Crippen LogP contribution in [-0.2, 0) is 4.52 Å². The Kier molecular flexibility index (Phi) is 2.24. The molecule has 0 saturated carbocycles. The van der Waals surface area contributed by atoms with E-state index in [1.54, 1.807) is 0 Å². The van der Waals surface area contributed by atoms with Gasteiger partial charge in [-0.15, -0.1) is 0 Å². The average Bonchev–Trinajstić information content (AvgIpc) is 2.14. The predicted octanol–water partition coefficient (Wildman–Crippen LogP) is 0.497. The molecule has 0 bridgehead atoms. The van der Waals surface area contributed by atoms with Crippen LogP contribution < -0.4 is 0 Å². The van der Waals surface area contributed by atoms with Crippen molar-refractivity contribution in [1.29, 1.82) is 0 Å². The molecule has 1 saturated heterocycles. The lowest BCUT2D eigenvalue weighted by atomic mass is 10.3. The summed E-state index contributed by atoms with van der Waals surface area (Å²) in [5.74, 6) is 0. The average molecular weight is 133 g/mol. The fourth-order valence-electron chi connectivity index (χ4n) is 1.01. The first-order chi connectivity index (χ1) is 3.83. The van der Waals surface area contributed by atoms with Crippen LogP contribution >= 0.6 is 9.47 Å². The van der Waals surface area contributed by atoms with Crippen molar-refractivity contribution in [3.63, 3.8) is 0 Å². The molecule has 0 amide bonds. The molecule has 0 radical (unpaired) electrons. The third kappa shape index (κ3) is 1.41. The SMILES string of the molecule is CN1CCC(OP)C1. The van der Waals surface area contributed by atoms with Gasteiger partial charge < -0.3 is 9.42 Å². The summed E-state index contributed by atoms with van der Waals surface area (Å²) in [6, 6.07) is 0. The molecular formula is C5H12NOP. The molecule has 0 aromatic rings. The van der Waals surface area contributed by atoms with Crippen LogP contribution in [0, 0.1) is 0 Å². The summed E-state index contributed by atoms with van der Waals surface area (Å²) in [6.07, 6.45) is 1.64. The Labute approximate surface area is 52.5 Å². The highest BCUT2D eigenvalue weighted by Crippen LogP contribution is 2.11. The molecule has 8 heavy (non-hydrogen) atoms. The van der Waals surface area contributed by atoms with Gasteiger partial charge in [-0.3, -0.25) is 0 Å². The van der Waals surface area contributed by atoms with Crippen molar-refractivity contribution in [2.75, 3.05) is 20.1 Å². The molecule has 0 aromatic heterocycles. The fraction of sp³-hybridized carbons (Fsp3) is 1.00. The minimum atomic E-state index is 0.463. The highest BCUT2D eigenvalue weighted by Gasteiger charge is 2.17. The molecule has 3 heteroatoms. The van der Waals surface area contributed by atoms with E-state index in [2.05, 4.69) is 21.4 Å². The van der Waals surface area contributed by atoms with Crippen LogP contribution in [0.3, 0.4) is 0 Å². The van der Waals surface area contributed by atoms with E-state index in [1.165, 1.54) is 13.0 Å². The second kappa shape index (κ2) is 2.77. The Morgan fingerprint density at radius 2 is 2.50 bits per heavy atom. The van der Waals surface area contributed by atoms with E-state index < -0.39 is 0 Å².